The molecule has 16 heteroatoms. The first-order chi connectivity index (χ1) is 31.0. The van der Waals surface area contributed by atoms with E-state index >= 15 is 0 Å². The van der Waals surface area contributed by atoms with Crippen molar-refractivity contribution >= 4 is 18.3 Å². The molecule has 0 saturated carbocycles. The molecule has 0 saturated heterocycles. The number of hydrogen-bond acceptors (Lipinski definition) is 13. The second-order valence-electron chi connectivity index (χ2n) is 14.4. The van der Waals surface area contributed by atoms with E-state index in [0.29, 0.717) is 13.1 Å². The summed E-state index contributed by atoms with van der Waals surface area (Å²) in [5, 5.41) is 19.0. The van der Waals surface area contributed by atoms with Crippen LogP contribution in [0.25, 0.3) is 0 Å². The summed E-state index contributed by atoms with van der Waals surface area (Å²) < 4.78 is 16.7. The van der Waals surface area contributed by atoms with Gasteiger partial charge in [0.05, 0.1) is 0 Å². The standard InChI is InChI=1S/C26H38N4O4.C11H10N2O2.C10H26N4/c31-25(33-21-23-11-3-1-4-12-23)29-19-9-17-27-15-7-8-16-28-18-10-20-30-26(32)34-22-24-13-5-2-6-14-24;14-11(13-7-6-12-9-13)15-8-10-4-2-1-3-5-10;11-5-3-9-13-7-1-2-8-14-10-4-6-12/h1-6,11-14,27-28H,7-10,15-22H2,(H,29,31)(H,30,32);1-7,9H,8H2;13-14H,1-12H2. The number of nitrogens with one attached hydrogen (secondary N) is 6. The van der Waals surface area contributed by atoms with Crippen molar-refractivity contribution in [2.45, 2.75) is 71.2 Å². The minimum atomic E-state index is -0.420. The second-order valence-corrected chi connectivity index (χ2v) is 14.4. The minimum Gasteiger partial charge on any atom is -0.445 e. The monoisotopic (exact) mass is 875 g/mol. The summed E-state index contributed by atoms with van der Waals surface area (Å²) in [6.45, 7) is 11.6. The van der Waals surface area contributed by atoms with Gasteiger partial charge in [0.15, 0.2) is 0 Å². The van der Waals surface area contributed by atoms with E-state index in [4.69, 9.17) is 25.7 Å². The molecule has 3 aromatic carbocycles. The molecule has 10 N–H and O–H groups in total. The highest BCUT2D eigenvalue weighted by molar-refractivity contribution is 5.70. The maximum absolute atomic E-state index is 11.6. The van der Waals surface area contributed by atoms with E-state index in [1.165, 1.54) is 29.9 Å². The van der Waals surface area contributed by atoms with Crippen LogP contribution in [0.2, 0.25) is 0 Å². The average molecular weight is 875 g/mol. The number of aromatic nitrogens is 2. The van der Waals surface area contributed by atoms with Crippen molar-refractivity contribution < 1.29 is 28.6 Å². The first-order valence-electron chi connectivity index (χ1n) is 22.3. The second kappa shape index (κ2) is 39.5. The average Bonchev–Trinajstić information content (AvgIpc) is 3.87. The number of alkyl carbamates (subject to hydrolysis) is 2. The van der Waals surface area contributed by atoms with Crippen molar-refractivity contribution in [1.29, 1.82) is 0 Å². The zero-order valence-electron chi connectivity index (χ0n) is 37.2. The minimum absolute atomic E-state index is 0.276. The quantitative estimate of drug-likeness (QED) is 0.0247. The maximum atomic E-state index is 11.6. The van der Waals surface area contributed by atoms with Gasteiger partial charge in [-0.05, 0) is 134 Å². The molecule has 0 fully saturated rings. The predicted octanol–water partition coefficient (Wildman–Crippen LogP) is 5.29. The molecule has 1 heterocycles. The third kappa shape index (κ3) is 32.0. The summed E-state index contributed by atoms with van der Waals surface area (Å²) in [5.74, 6) is 0. The highest BCUT2D eigenvalue weighted by atomic mass is 16.6. The van der Waals surface area contributed by atoms with E-state index in [2.05, 4.69) is 36.9 Å². The number of carbonyl (C=O) groups is 3. The topological polar surface area (TPSA) is 221 Å². The van der Waals surface area contributed by atoms with Crippen LogP contribution in [-0.2, 0) is 34.0 Å². The van der Waals surface area contributed by atoms with Crippen LogP contribution in [-0.4, -0.2) is 106 Å². The highest BCUT2D eigenvalue weighted by Gasteiger charge is 2.05. The number of carbonyl (C=O) groups excluding carboxylic acids is 3. The summed E-state index contributed by atoms with van der Waals surface area (Å²) in [6, 6.07) is 28.8. The maximum Gasteiger partial charge on any atom is 0.419 e. The molecule has 348 valence electrons. The molecule has 63 heavy (non-hydrogen) atoms. The van der Waals surface area contributed by atoms with Crippen molar-refractivity contribution in [2.75, 3.05) is 78.5 Å². The zero-order chi connectivity index (χ0) is 45.1. The first-order valence-corrected chi connectivity index (χ1v) is 22.3. The largest absolute Gasteiger partial charge is 0.445 e. The Balaban J connectivity index is 0.000000385. The molecule has 1 aromatic heterocycles. The van der Waals surface area contributed by atoms with Crippen molar-refractivity contribution in [3.63, 3.8) is 0 Å². The first kappa shape index (κ1) is 53.8. The summed E-state index contributed by atoms with van der Waals surface area (Å²) in [5.41, 5.74) is 13.7. The summed E-state index contributed by atoms with van der Waals surface area (Å²) in [4.78, 5) is 38.4. The van der Waals surface area contributed by atoms with E-state index < -0.39 is 6.09 Å². The van der Waals surface area contributed by atoms with Gasteiger partial charge in [-0.25, -0.2) is 23.9 Å². The third-order valence-electron chi connectivity index (χ3n) is 8.97. The number of hydrogen-bond donors (Lipinski definition) is 8. The van der Waals surface area contributed by atoms with E-state index in [1.807, 2.05) is 91.0 Å². The molecule has 0 bridgehead atoms. The number of rotatable bonds is 30. The molecule has 0 radical (unpaired) electrons. The Morgan fingerprint density at radius 1 is 0.460 bits per heavy atom. The summed E-state index contributed by atoms with van der Waals surface area (Å²) >= 11 is 0. The number of benzene rings is 3. The van der Waals surface area contributed by atoms with Gasteiger partial charge in [-0.1, -0.05) is 91.0 Å². The van der Waals surface area contributed by atoms with Gasteiger partial charge in [-0.3, -0.25) is 0 Å². The fourth-order valence-corrected chi connectivity index (χ4v) is 5.47. The molecule has 0 aliphatic carbocycles. The van der Waals surface area contributed by atoms with E-state index in [9.17, 15) is 14.4 Å². The lowest BCUT2D eigenvalue weighted by atomic mass is 10.2. The van der Waals surface area contributed by atoms with E-state index in [1.54, 1.807) is 6.20 Å². The number of imidazole rings is 1. The smallest absolute Gasteiger partial charge is 0.419 e. The lowest BCUT2D eigenvalue weighted by Crippen LogP contribution is -2.29. The predicted molar refractivity (Wildman–Crippen MR) is 250 cm³/mol. The van der Waals surface area contributed by atoms with Crippen LogP contribution >= 0.6 is 0 Å². The summed E-state index contributed by atoms with van der Waals surface area (Å²) in [7, 11) is 0. The fourth-order valence-electron chi connectivity index (χ4n) is 5.47. The molecule has 2 amide bonds. The van der Waals surface area contributed by atoms with E-state index in [-0.39, 0.29) is 32.0 Å². The van der Waals surface area contributed by atoms with Crippen molar-refractivity contribution in [1.82, 2.24) is 41.5 Å². The van der Waals surface area contributed by atoms with Crippen LogP contribution in [0, 0.1) is 0 Å². The normalized spacial score (nSPS) is 10.4. The van der Waals surface area contributed by atoms with Crippen molar-refractivity contribution in [3.8, 4) is 0 Å². The fraction of sp³-hybridized carbons (Fsp3) is 0.489. The molecule has 0 aliphatic rings. The lowest BCUT2D eigenvalue weighted by Gasteiger charge is -2.09. The Bertz CT molecular complexity index is 1560. The van der Waals surface area contributed by atoms with Crippen LogP contribution in [0.15, 0.2) is 110 Å². The number of nitrogens with two attached hydrogens (primary N) is 2. The van der Waals surface area contributed by atoms with Gasteiger partial charge < -0.3 is 57.6 Å². The molecule has 0 atom stereocenters. The van der Waals surface area contributed by atoms with Gasteiger partial charge in [0.25, 0.3) is 0 Å². The molecule has 0 spiro atoms. The SMILES string of the molecule is NCCCNCCCCNCCCN.O=C(NCCCNCCCCNCCCNC(=O)OCc1ccccc1)OCc1ccccc1.O=C(OCc1ccccc1)n1ccnc1. The van der Waals surface area contributed by atoms with E-state index in [0.717, 1.165) is 121 Å². The van der Waals surface area contributed by atoms with Gasteiger partial charge in [-0.2, -0.15) is 0 Å². The number of unbranched alkanes of at least 4 members (excludes halogenated alkanes) is 2. The highest BCUT2D eigenvalue weighted by Crippen LogP contribution is 2.03. The Morgan fingerprint density at radius 3 is 1.16 bits per heavy atom. The number of nitrogens with zero attached hydrogens (tertiary/aromatic N) is 2. The molecule has 4 rings (SSSR count). The molecule has 0 aliphatic heterocycles. The number of ether oxygens (including phenoxy) is 3. The molecule has 4 aromatic rings. The lowest BCUT2D eigenvalue weighted by molar-refractivity contribution is 0.138. The van der Waals surface area contributed by atoms with Crippen molar-refractivity contribution in [3.05, 3.63) is 126 Å². The van der Waals surface area contributed by atoms with Crippen LogP contribution in [0.3, 0.4) is 0 Å². The van der Waals surface area contributed by atoms with Crippen LogP contribution in [0.1, 0.15) is 68.1 Å². The Kier molecular flexibility index (Phi) is 33.7. The Morgan fingerprint density at radius 2 is 0.810 bits per heavy atom. The van der Waals surface area contributed by atoms with Crippen LogP contribution < -0.4 is 43.4 Å². The molecule has 16 nitrogen and oxygen atoms in total. The summed E-state index contributed by atoms with van der Waals surface area (Å²) in [6.07, 6.45) is 11.8. The third-order valence-corrected chi connectivity index (χ3v) is 8.97. The van der Waals surface area contributed by atoms with Gasteiger partial charge in [-0.15, -0.1) is 0 Å². The Labute approximate surface area is 375 Å². The molecular weight excluding hydrogens is 801 g/mol. The van der Waals surface area contributed by atoms with Gasteiger partial charge in [0.2, 0.25) is 0 Å². The molecule has 0 unspecified atom stereocenters. The zero-order valence-corrected chi connectivity index (χ0v) is 37.2. The molecular formula is C47H74N10O6. The van der Waals surface area contributed by atoms with Crippen molar-refractivity contribution in [2.24, 2.45) is 11.5 Å². The van der Waals surface area contributed by atoms with Gasteiger partial charge >= 0.3 is 18.3 Å². The Hall–Kier alpha value is -5.36. The van der Waals surface area contributed by atoms with Crippen LogP contribution in [0.4, 0.5) is 14.4 Å². The van der Waals surface area contributed by atoms with Gasteiger partial charge in [0, 0.05) is 25.5 Å². The van der Waals surface area contributed by atoms with Crippen LogP contribution in [0.5, 0.6) is 0 Å². The van der Waals surface area contributed by atoms with Gasteiger partial charge in [0.1, 0.15) is 26.1 Å². The number of amides is 2.